The smallest absolute Gasteiger partial charge is 0.318 e. The molecule has 14 heavy (non-hydrogen) atoms. The molecule has 3 aliphatic rings. The molecule has 2 heterocycles. The minimum Gasteiger partial charge on any atom is -0.333 e. The Balaban J connectivity index is 1.79. The van der Waals surface area contributed by atoms with Crippen molar-refractivity contribution >= 4 is 6.03 Å². The number of urea groups is 1. The summed E-state index contributed by atoms with van der Waals surface area (Å²) in [4.78, 5) is 13.9. The molecule has 0 aromatic rings. The maximum absolute atomic E-state index is 11.8. The molecular weight excluding hydrogens is 178 g/mol. The first-order valence-corrected chi connectivity index (χ1v) is 5.66. The van der Waals surface area contributed by atoms with Crippen LogP contribution in [0.1, 0.15) is 25.7 Å². The van der Waals surface area contributed by atoms with Crippen LogP contribution in [-0.2, 0) is 0 Å². The molecule has 2 aliphatic heterocycles. The van der Waals surface area contributed by atoms with Gasteiger partial charge < -0.3 is 15.5 Å². The zero-order chi connectivity index (χ0) is 9.54. The fourth-order valence-corrected chi connectivity index (χ4v) is 3.14. The average molecular weight is 195 g/mol. The summed E-state index contributed by atoms with van der Waals surface area (Å²) in [6, 6.07) is 1.56. The molecule has 3 atom stereocenters. The molecule has 0 aromatic heterocycles. The molecular formula is C10H17N3O. The first-order chi connectivity index (χ1) is 6.86. The van der Waals surface area contributed by atoms with Gasteiger partial charge in [-0.15, -0.1) is 0 Å². The van der Waals surface area contributed by atoms with Crippen molar-refractivity contribution in [3.63, 3.8) is 0 Å². The number of amides is 2. The topological polar surface area (TPSA) is 44.4 Å². The zero-order valence-corrected chi connectivity index (χ0v) is 8.33. The van der Waals surface area contributed by atoms with Gasteiger partial charge in [-0.1, -0.05) is 0 Å². The molecule has 0 radical (unpaired) electrons. The molecule has 1 saturated carbocycles. The Morgan fingerprint density at radius 3 is 3.00 bits per heavy atom. The predicted octanol–water partition coefficient (Wildman–Crippen LogP) is 0.295. The highest BCUT2D eigenvalue weighted by molar-refractivity contribution is 5.78. The van der Waals surface area contributed by atoms with E-state index in [1.807, 2.05) is 0 Å². The van der Waals surface area contributed by atoms with Crippen LogP contribution in [0.3, 0.4) is 0 Å². The number of carbonyl (C=O) groups is 1. The van der Waals surface area contributed by atoms with Crippen molar-refractivity contribution in [2.75, 3.05) is 13.1 Å². The van der Waals surface area contributed by atoms with Crippen LogP contribution in [0.5, 0.6) is 0 Å². The summed E-state index contributed by atoms with van der Waals surface area (Å²) >= 11 is 0. The number of hydrogen-bond acceptors (Lipinski definition) is 2. The Kier molecular flexibility index (Phi) is 1.90. The molecule has 2 saturated heterocycles. The highest BCUT2D eigenvalue weighted by Gasteiger charge is 2.45. The van der Waals surface area contributed by atoms with Crippen LogP contribution in [0.25, 0.3) is 0 Å². The van der Waals surface area contributed by atoms with Gasteiger partial charge in [0.15, 0.2) is 0 Å². The zero-order valence-electron chi connectivity index (χ0n) is 8.33. The van der Waals surface area contributed by atoms with E-state index in [1.54, 1.807) is 0 Å². The summed E-state index contributed by atoms with van der Waals surface area (Å²) in [6.07, 6.45) is 4.76. The van der Waals surface area contributed by atoms with E-state index < -0.39 is 0 Å². The largest absolute Gasteiger partial charge is 0.333 e. The van der Waals surface area contributed by atoms with Crippen molar-refractivity contribution in [2.24, 2.45) is 0 Å². The maximum Gasteiger partial charge on any atom is 0.318 e. The molecule has 0 bridgehead atoms. The van der Waals surface area contributed by atoms with E-state index in [1.165, 1.54) is 19.3 Å². The second-order valence-corrected chi connectivity index (χ2v) is 4.61. The van der Waals surface area contributed by atoms with Gasteiger partial charge in [-0.3, -0.25) is 0 Å². The Labute approximate surface area is 84.0 Å². The Hall–Kier alpha value is -0.770. The molecule has 0 spiro atoms. The number of nitrogens with one attached hydrogen (secondary N) is 2. The van der Waals surface area contributed by atoms with Crippen molar-refractivity contribution in [1.82, 2.24) is 15.5 Å². The molecule has 2 amide bonds. The van der Waals surface area contributed by atoms with Gasteiger partial charge >= 0.3 is 6.03 Å². The van der Waals surface area contributed by atoms with E-state index >= 15 is 0 Å². The minimum atomic E-state index is 0.174. The van der Waals surface area contributed by atoms with Crippen LogP contribution in [0.4, 0.5) is 4.79 Å². The summed E-state index contributed by atoms with van der Waals surface area (Å²) in [7, 11) is 0. The standard InChI is InChI=1S/C10H17N3O/c14-10-12-8-2-1-3-9(8)13(10)7-4-5-11-6-7/h7-9,11H,1-6H2,(H,12,14). The molecule has 78 valence electrons. The molecule has 4 heteroatoms. The van der Waals surface area contributed by atoms with Crippen LogP contribution in [0.2, 0.25) is 0 Å². The molecule has 2 N–H and O–H groups in total. The minimum absolute atomic E-state index is 0.174. The summed E-state index contributed by atoms with van der Waals surface area (Å²) in [5, 5.41) is 6.43. The van der Waals surface area contributed by atoms with E-state index in [9.17, 15) is 4.79 Å². The van der Waals surface area contributed by atoms with Gasteiger partial charge in [0.2, 0.25) is 0 Å². The third kappa shape index (κ3) is 1.13. The maximum atomic E-state index is 11.8. The van der Waals surface area contributed by atoms with Gasteiger partial charge in [0.25, 0.3) is 0 Å². The SMILES string of the molecule is O=C1NC2CCCC2N1C1CCNC1. The van der Waals surface area contributed by atoms with Gasteiger partial charge in [-0.25, -0.2) is 4.79 Å². The highest BCUT2D eigenvalue weighted by atomic mass is 16.2. The second-order valence-electron chi connectivity index (χ2n) is 4.61. The molecule has 4 nitrogen and oxygen atoms in total. The number of carbonyl (C=O) groups excluding carboxylic acids is 1. The lowest BCUT2D eigenvalue weighted by molar-refractivity contribution is 0.179. The molecule has 3 unspecified atom stereocenters. The van der Waals surface area contributed by atoms with Gasteiger partial charge in [-0.2, -0.15) is 0 Å². The van der Waals surface area contributed by atoms with Gasteiger partial charge in [0.05, 0.1) is 12.1 Å². The number of hydrogen-bond donors (Lipinski definition) is 2. The Morgan fingerprint density at radius 1 is 1.29 bits per heavy atom. The average Bonchev–Trinajstić information content (AvgIpc) is 2.78. The lowest BCUT2D eigenvalue weighted by Gasteiger charge is -2.27. The van der Waals surface area contributed by atoms with Crippen LogP contribution < -0.4 is 10.6 Å². The van der Waals surface area contributed by atoms with E-state index in [0.717, 1.165) is 19.5 Å². The van der Waals surface area contributed by atoms with E-state index in [2.05, 4.69) is 15.5 Å². The van der Waals surface area contributed by atoms with Gasteiger partial charge in [-0.05, 0) is 32.2 Å². The lowest BCUT2D eigenvalue weighted by atomic mass is 10.1. The summed E-state index contributed by atoms with van der Waals surface area (Å²) in [5.74, 6) is 0. The number of fused-ring (bicyclic) bond motifs is 1. The van der Waals surface area contributed by atoms with Gasteiger partial charge in [0.1, 0.15) is 0 Å². The fourth-order valence-electron chi connectivity index (χ4n) is 3.14. The van der Waals surface area contributed by atoms with Crippen LogP contribution in [-0.4, -0.2) is 42.1 Å². The second kappa shape index (κ2) is 3.12. The summed E-state index contributed by atoms with van der Waals surface area (Å²) in [5.41, 5.74) is 0. The normalized spacial score (nSPS) is 41.6. The third-order valence-electron chi connectivity index (χ3n) is 3.81. The van der Waals surface area contributed by atoms with Gasteiger partial charge in [0, 0.05) is 12.6 Å². The number of nitrogens with zero attached hydrogens (tertiary/aromatic N) is 1. The number of rotatable bonds is 1. The molecule has 0 aromatic carbocycles. The van der Waals surface area contributed by atoms with E-state index in [4.69, 9.17) is 0 Å². The van der Waals surface area contributed by atoms with Crippen LogP contribution in [0.15, 0.2) is 0 Å². The lowest BCUT2D eigenvalue weighted by Crippen LogP contribution is -2.43. The van der Waals surface area contributed by atoms with Crippen molar-refractivity contribution in [2.45, 2.75) is 43.8 Å². The third-order valence-corrected chi connectivity index (χ3v) is 3.81. The first-order valence-electron chi connectivity index (χ1n) is 5.66. The van der Waals surface area contributed by atoms with Crippen LogP contribution >= 0.6 is 0 Å². The van der Waals surface area contributed by atoms with Crippen molar-refractivity contribution in [3.8, 4) is 0 Å². The van der Waals surface area contributed by atoms with Crippen molar-refractivity contribution in [1.29, 1.82) is 0 Å². The fraction of sp³-hybridized carbons (Fsp3) is 0.900. The summed E-state index contributed by atoms with van der Waals surface area (Å²) in [6.45, 7) is 2.04. The monoisotopic (exact) mass is 195 g/mol. The van der Waals surface area contributed by atoms with Crippen molar-refractivity contribution in [3.05, 3.63) is 0 Å². The molecule has 3 fully saturated rings. The van der Waals surface area contributed by atoms with E-state index in [-0.39, 0.29) is 6.03 Å². The molecule has 1 aliphatic carbocycles. The Morgan fingerprint density at radius 2 is 2.21 bits per heavy atom. The molecule has 3 rings (SSSR count). The Bertz CT molecular complexity index is 250. The predicted molar refractivity (Wildman–Crippen MR) is 53.1 cm³/mol. The van der Waals surface area contributed by atoms with Crippen LogP contribution in [0, 0.1) is 0 Å². The highest BCUT2D eigenvalue weighted by Crippen LogP contribution is 2.31. The quantitative estimate of drug-likeness (QED) is 0.632. The summed E-state index contributed by atoms with van der Waals surface area (Å²) < 4.78 is 0. The van der Waals surface area contributed by atoms with Crippen molar-refractivity contribution < 1.29 is 4.79 Å². The van der Waals surface area contributed by atoms with E-state index in [0.29, 0.717) is 18.1 Å². The first kappa shape index (κ1) is 8.53.